The van der Waals surface area contributed by atoms with Crippen molar-refractivity contribution in [3.8, 4) is 17.2 Å². The number of hydrogen-bond acceptors (Lipinski definition) is 5. The van der Waals surface area contributed by atoms with Gasteiger partial charge in [0.1, 0.15) is 17.2 Å². The van der Waals surface area contributed by atoms with Crippen LogP contribution in [0.1, 0.15) is 5.56 Å². The van der Waals surface area contributed by atoms with Crippen LogP contribution in [0.3, 0.4) is 0 Å². The van der Waals surface area contributed by atoms with Crippen LogP contribution in [0.15, 0.2) is 52.0 Å². The van der Waals surface area contributed by atoms with E-state index in [4.69, 9.17) is 9.47 Å². The molecule has 0 aliphatic heterocycles. The minimum Gasteiger partial charge on any atom is -0.507 e. The normalized spacial score (nSPS) is 10.5. The number of phenols is 1. The zero-order valence-corrected chi connectivity index (χ0v) is 13.9. The molecule has 0 unspecified atom stereocenters. The Bertz CT molecular complexity index is 719. The molecule has 0 aliphatic carbocycles. The van der Waals surface area contributed by atoms with Gasteiger partial charge >= 0.3 is 0 Å². The standard InChI is InChI=1S/C16H15BrN2O4/c1-22-13-6-5-11(15(20)8-13)9-18-19-16(21)10-23-14-4-2-3-12(17)7-14/h2-9,20H,10H2,1H3,(H,19,21)/b18-9-. The highest BCUT2D eigenvalue weighted by molar-refractivity contribution is 9.10. The van der Waals surface area contributed by atoms with Gasteiger partial charge in [-0.05, 0) is 30.3 Å². The van der Waals surface area contributed by atoms with Crippen LogP contribution in [0.25, 0.3) is 0 Å². The summed E-state index contributed by atoms with van der Waals surface area (Å²) in [6.07, 6.45) is 1.34. The minimum absolute atomic E-state index is 0.00716. The van der Waals surface area contributed by atoms with Crippen LogP contribution in [0.2, 0.25) is 0 Å². The van der Waals surface area contributed by atoms with Crippen LogP contribution in [0.4, 0.5) is 0 Å². The monoisotopic (exact) mass is 378 g/mol. The van der Waals surface area contributed by atoms with E-state index in [2.05, 4.69) is 26.5 Å². The van der Waals surface area contributed by atoms with Gasteiger partial charge in [-0.15, -0.1) is 0 Å². The maximum absolute atomic E-state index is 11.6. The van der Waals surface area contributed by atoms with E-state index < -0.39 is 5.91 Å². The average Bonchev–Trinajstić information content (AvgIpc) is 2.54. The summed E-state index contributed by atoms with van der Waals surface area (Å²) in [5, 5.41) is 13.5. The topological polar surface area (TPSA) is 80.2 Å². The summed E-state index contributed by atoms with van der Waals surface area (Å²) in [6, 6.07) is 11.9. The Balaban J connectivity index is 1.84. The van der Waals surface area contributed by atoms with Gasteiger partial charge in [-0.1, -0.05) is 22.0 Å². The molecular weight excluding hydrogens is 364 g/mol. The molecule has 120 valence electrons. The van der Waals surface area contributed by atoms with E-state index in [1.165, 1.54) is 19.4 Å². The van der Waals surface area contributed by atoms with Crippen molar-refractivity contribution in [1.29, 1.82) is 0 Å². The lowest BCUT2D eigenvalue weighted by atomic mass is 10.2. The predicted octanol–water partition coefficient (Wildman–Crippen LogP) is 2.69. The van der Waals surface area contributed by atoms with E-state index in [0.29, 0.717) is 17.1 Å². The van der Waals surface area contributed by atoms with E-state index in [9.17, 15) is 9.90 Å². The Morgan fingerprint density at radius 1 is 1.30 bits per heavy atom. The predicted molar refractivity (Wildman–Crippen MR) is 90.0 cm³/mol. The van der Waals surface area contributed by atoms with Crippen molar-refractivity contribution in [2.75, 3.05) is 13.7 Å². The number of hydrogen-bond donors (Lipinski definition) is 2. The summed E-state index contributed by atoms with van der Waals surface area (Å²) < 4.78 is 11.2. The van der Waals surface area contributed by atoms with E-state index in [0.717, 1.165) is 4.47 Å². The Labute approximate surface area is 141 Å². The minimum atomic E-state index is -0.408. The third-order valence-electron chi connectivity index (χ3n) is 2.80. The first-order valence-corrected chi connectivity index (χ1v) is 7.45. The Kier molecular flexibility index (Phi) is 5.99. The Morgan fingerprint density at radius 3 is 2.83 bits per heavy atom. The summed E-state index contributed by atoms with van der Waals surface area (Å²) in [5.74, 6) is 0.708. The summed E-state index contributed by atoms with van der Waals surface area (Å²) in [4.78, 5) is 11.6. The molecule has 0 bridgehead atoms. The average molecular weight is 379 g/mol. The van der Waals surface area contributed by atoms with Crippen LogP contribution in [-0.2, 0) is 4.79 Å². The number of nitrogens with one attached hydrogen (secondary N) is 1. The summed E-state index contributed by atoms with van der Waals surface area (Å²) in [5.41, 5.74) is 2.78. The van der Waals surface area contributed by atoms with Gasteiger partial charge < -0.3 is 14.6 Å². The molecule has 0 saturated heterocycles. The lowest BCUT2D eigenvalue weighted by Crippen LogP contribution is -2.24. The Hall–Kier alpha value is -2.54. The zero-order valence-electron chi connectivity index (χ0n) is 12.3. The van der Waals surface area contributed by atoms with Gasteiger partial charge in [0.05, 0.1) is 13.3 Å². The molecule has 0 aliphatic rings. The third-order valence-corrected chi connectivity index (χ3v) is 3.29. The van der Waals surface area contributed by atoms with Gasteiger partial charge in [0.15, 0.2) is 6.61 Å². The number of hydrazone groups is 1. The molecule has 2 aromatic carbocycles. The molecule has 0 aromatic heterocycles. The van der Waals surface area contributed by atoms with Crippen molar-refractivity contribution in [1.82, 2.24) is 5.43 Å². The summed E-state index contributed by atoms with van der Waals surface area (Å²) in [7, 11) is 1.51. The maximum Gasteiger partial charge on any atom is 0.277 e. The number of carbonyl (C=O) groups is 1. The fourth-order valence-corrected chi connectivity index (χ4v) is 2.05. The maximum atomic E-state index is 11.6. The molecule has 0 radical (unpaired) electrons. The number of benzene rings is 2. The van der Waals surface area contributed by atoms with Crippen LogP contribution < -0.4 is 14.9 Å². The van der Waals surface area contributed by atoms with Gasteiger partial charge in [0.25, 0.3) is 5.91 Å². The molecule has 2 N–H and O–H groups in total. The van der Waals surface area contributed by atoms with Crippen LogP contribution in [0, 0.1) is 0 Å². The number of nitrogens with zero attached hydrogens (tertiary/aromatic N) is 1. The number of phenolic OH excluding ortho intramolecular Hbond substituents is 1. The smallest absolute Gasteiger partial charge is 0.277 e. The molecule has 2 aromatic rings. The number of carbonyl (C=O) groups excluding carboxylic acids is 1. The molecule has 1 amide bonds. The van der Waals surface area contributed by atoms with Gasteiger partial charge in [-0.2, -0.15) is 5.10 Å². The van der Waals surface area contributed by atoms with Crippen molar-refractivity contribution in [2.45, 2.75) is 0 Å². The lowest BCUT2D eigenvalue weighted by molar-refractivity contribution is -0.123. The van der Waals surface area contributed by atoms with E-state index in [1.54, 1.807) is 24.3 Å². The molecule has 7 heteroatoms. The lowest BCUT2D eigenvalue weighted by Gasteiger charge is -2.05. The second-order valence-corrected chi connectivity index (χ2v) is 5.38. The Morgan fingerprint density at radius 2 is 2.13 bits per heavy atom. The highest BCUT2D eigenvalue weighted by atomic mass is 79.9. The molecule has 0 fully saturated rings. The number of rotatable bonds is 6. The third kappa shape index (κ3) is 5.30. The summed E-state index contributed by atoms with van der Waals surface area (Å²) >= 11 is 3.32. The van der Waals surface area contributed by atoms with E-state index in [1.807, 2.05) is 12.1 Å². The number of aromatic hydroxyl groups is 1. The second-order valence-electron chi connectivity index (χ2n) is 4.46. The molecule has 0 saturated carbocycles. The SMILES string of the molecule is COc1ccc(/C=N\NC(=O)COc2cccc(Br)c2)c(O)c1. The van der Waals surface area contributed by atoms with Gasteiger partial charge in [-0.3, -0.25) is 4.79 Å². The zero-order chi connectivity index (χ0) is 16.7. The fraction of sp³-hybridized carbons (Fsp3) is 0.125. The van der Waals surface area contributed by atoms with Gasteiger partial charge in [0.2, 0.25) is 0 Å². The molecular formula is C16H15BrN2O4. The van der Waals surface area contributed by atoms with E-state index >= 15 is 0 Å². The molecule has 0 heterocycles. The van der Waals surface area contributed by atoms with Crippen LogP contribution in [-0.4, -0.2) is 30.9 Å². The highest BCUT2D eigenvalue weighted by Crippen LogP contribution is 2.21. The van der Waals surface area contributed by atoms with Gasteiger partial charge in [-0.25, -0.2) is 5.43 Å². The highest BCUT2D eigenvalue weighted by Gasteiger charge is 2.03. The number of halogens is 1. The van der Waals surface area contributed by atoms with Crippen molar-refractivity contribution in [3.05, 3.63) is 52.5 Å². The first kappa shape index (κ1) is 16.8. The first-order chi connectivity index (χ1) is 11.1. The molecule has 0 atom stereocenters. The largest absolute Gasteiger partial charge is 0.507 e. The molecule has 23 heavy (non-hydrogen) atoms. The molecule has 2 rings (SSSR count). The molecule has 6 nitrogen and oxygen atoms in total. The fourth-order valence-electron chi connectivity index (χ4n) is 1.67. The van der Waals surface area contributed by atoms with Gasteiger partial charge in [0, 0.05) is 16.1 Å². The van der Waals surface area contributed by atoms with Crippen LogP contribution in [0.5, 0.6) is 17.2 Å². The van der Waals surface area contributed by atoms with Crippen molar-refractivity contribution >= 4 is 28.1 Å². The van der Waals surface area contributed by atoms with Crippen molar-refractivity contribution in [2.24, 2.45) is 5.10 Å². The number of ether oxygens (including phenoxy) is 2. The number of amides is 1. The summed E-state index contributed by atoms with van der Waals surface area (Å²) in [6.45, 7) is -0.164. The van der Waals surface area contributed by atoms with Crippen molar-refractivity contribution in [3.63, 3.8) is 0 Å². The first-order valence-electron chi connectivity index (χ1n) is 6.66. The number of methoxy groups -OCH3 is 1. The molecule has 0 spiro atoms. The second kappa shape index (κ2) is 8.19. The van der Waals surface area contributed by atoms with Crippen LogP contribution >= 0.6 is 15.9 Å². The van der Waals surface area contributed by atoms with E-state index in [-0.39, 0.29) is 12.4 Å². The quantitative estimate of drug-likeness (QED) is 0.598. The van der Waals surface area contributed by atoms with Crippen molar-refractivity contribution < 1.29 is 19.4 Å².